The molecule has 1 rings (SSSR count). The minimum Gasteiger partial charge on any atom is -0.479 e. The molecule has 1 aromatic rings. The quantitative estimate of drug-likeness (QED) is 0.0521. The van der Waals surface area contributed by atoms with Crippen LogP contribution < -0.4 is 16.0 Å². The van der Waals surface area contributed by atoms with Gasteiger partial charge in [-0.15, -0.1) is 0 Å². The van der Waals surface area contributed by atoms with Gasteiger partial charge >= 0.3 is 27.1 Å². The molecule has 1 unspecified atom stereocenters. The third-order valence-corrected chi connectivity index (χ3v) is 5.97. The molecule has 0 aromatic carbocycles. The van der Waals surface area contributed by atoms with Gasteiger partial charge in [0.05, 0.1) is 19.3 Å². The van der Waals surface area contributed by atoms with Gasteiger partial charge < -0.3 is 40.0 Å². The Morgan fingerprint density at radius 1 is 1.10 bits per heavy atom. The number of aliphatic hydroxyl groups excluding tert-OH is 1. The molecule has 0 saturated heterocycles. The van der Waals surface area contributed by atoms with Crippen LogP contribution in [0.3, 0.4) is 0 Å². The van der Waals surface area contributed by atoms with Crippen LogP contribution in [0.5, 0.6) is 0 Å². The molecule has 0 fully saturated rings. The summed E-state index contributed by atoms with van der Waals surface area (Å²) >= 11 is 0. The number of aromatic nitrogens is 2. The van der Waals surface area contributed by atoms with Gasteiger partial charge in [-0.2, -0.15) is 0 Å². The Bertz CT molecular complexity index is 1000. The maximum atomic E-state index is 12.3. The van der Waals surface area contributed by atoms with Gasteiger partial charge in [0.25, 0.3) is 5.91 Å². The fourth-order valence-electron chi connectivity index (χ4n) is 3.13. The number of aliphatic carboxylic acids is 1. The zero-order chi connectivity index (χ0) is 30.1. The smallest absolute Gasteiger partial charge is 0.408 e. The molecule has 0 aliphatic heterocycles. The summed E-state index contributed by atoms with van der Waals surface area (Å²) in [4.78, 5) is 74.3. The Labute approximate surface area is 231 Å². The van der Waals surface area contributed by atoms with Crippen LogP contribution in [-0.2, 0) is 23.5 Å². The number of carboxylic acids is 1. The van der Waals surface area contributed by atoms with Crippen molar-refractivity contribution in [2.24, 2.45) is 5.92 Å². The molecule has 3 amide bonds. The molecular formula is C21H35BN6O11P. The molecule has 0 bridgehead atoms. The molecule has 7 N–H and O–H groups in total. The van der Waals surface area contributed by atoms with Crippen molar-refractivity contribution in [3.05, 3.63) is 24.3 Å². The van der Waals surface area contributed by atoms with E-state index in [4.69, 9.17) is 24.3 Å². The molecule has 40 heavy (non-hydrogen) atoms. The van der Waals surface area contributed by atoms with Crippen LogP contribution in [-0.4, -0.2) is 124 Å². The number of hydrogen-bond donors (Lipinski definition) is 7. The van der Waals surface area contributed by atoms with Gasteiger partial charge in [0.2, 0.25) is 11.7 Å². The molecular weight excluding hydrogens is 554 g/mol. The van der Waals surface area contributed by atoms with E-state index in [-0.39, 0.29) is 57.6 Å². The first-order valence-electron chi connectivity index (χ1n) is 12.2. The molecule has 19 heteroatoms. The lowest BCUT2D eigenvalue weighted by Crippen LogP contribution is -2.46. The van der Waals surface area contributed by atoms with E-state index in [1.165, 1.54) is 26.1 Å². The van der Waals surface area contributed by atoms with Crippen molar-refractivity contribution in [1.82, 2.24) is 30.8 Å². The molecule has 223 valence electrons. The number of aliphatic hydroxyl groups is 1. The normalized spacial score (nSPS) is 12.9. The van der Waals surface area contributed by atoms with Gasteiger partial charge in [0.15, 0.2) is 0 Å². The molecule has 1 radical (unpaired) electrons. The van der Waals surface area contributed by atoms with Crippen LogP contribution in [0.1, 0.15) is 30.8 Å². The highest BCUT2D eigenvalue weighted by atomic mass is 31.2. The third-order valence-electron chi connectivity index (χ3n) is 4.94. The molecule has 1 aromatic heterocycles. The summed E-state index contributed by atoms with van der Waals surface area (Å²) in [6.45, 7) is 3.85. The zero-order valence-electron chi connectivity index (χ0n) is 22.1. The summed E-state index contributed by atoms with van der Waals surface area (Å²) in [5, 5.41) is 24.9. The van der Waals surface area contributed by atoms with Crippen LogP contribution in [0.15, 0.2) is 18.6 Å². The first-order valence-corrected chi connectivity index (χ1v) is 13.8. The number of nitrogens with one attached hydrogen (secondary N) is 3. The molecule has 0 spiro atoms. The summed E-state index contributed by atoms with van der Waals surface area (Å²) in [6.07, 6.45) is 3.28. The van der Waals surface area contributed by atoms with Gasteiger partial charge in [-0.1, -0.05) is 13.8 Å². The van der Waals surface area contributed by atoms with Crippen molar-refractivity contribution >= 4 is 39.0 Å². The molecule has 1 heterocycles. The number of amides is 3. The SMILES string of the molecule is CC(C)C[C@H]([B]OCCN(CCO)CCOC(=O)NC(C(=O)O)P(=O)(O)O)NC(=O)CNC(=O)c1cnccn1. The van der Waals surface area contributed by atoms with Crippen molar-refractivity contribution in [3.63, 3.8) is 0 Å². The molecule has 2 atom stereocenters. The van der Waals surface area contributed by atoms with Crippen LogP contribution >= 0.6 is 7.60 Å². The number of ether oxygens (including phenoxy) is 1. The Kier molecular flexibility index (Phi) is 15.9. The first-order chi connectivity index (χ1) is 18.8. The predicted octanol–water partition coefficient (Wildman–Crippen LogP) is -2.06. The van der Waals surface area contributed by atoms with Gasteiger partial charge in [-0.25, -0.2) is 14.6 Å². The molecule has 0 saturated carbocycles. The zero-order valence-corrected chi connectivity index (χ0v) is 23.0. The van der Waals surface area contributed by atoms with Crippen LogP contribution in [0.2, 0.25) is 0 Å². The number of rotatable bonds is 19. The van der Waals surface area contributed by atoms with Crippen molar-refractivity contribution in [3.8, 4) is 0 Å². The summed E-state index contributed by atoms with van der Waals surface area (Å²) in [6, 6.07) is 0. The minimum absolute atomic E-state index is 0.0768. The fourth-order valence-corrected chi connectivity index (χ4v) is 3.70. The Balaban J connectivity index is 2.45. The lowest BCUT2D eigenvalue weighted by Gasteiger charge is -2.23. The van der Waals surface area contributed by atoms with Crippen LogP contribution in [0.25, 0.3) is 0 Å². The maximum Gasteiger partial charge on any atom is 0.408 e. The number of carbonyl (C=O) groups excluding carboxylic acids is 3. The second kappa shape index (κ2) is 18.2. The van der Waals surface area contributed by atoms with Gasteiger partial charge in [-0.3, -0.25) is 29.4 Å². The van der Waals surface area contributed by atoms with Gasteiger partial charge in [0, 0.05) is 44.6 Å². The number of nitrogens with zero attached hydrogens (tertiary/aromatic N) is 3. The predicted molar refractivity (Wildman–Crippen MR) is 139 cm³/mol. The topological polar surface area (TPSA) is 250 Å². The van der Waals surface area contributed by atoms with E-state index < -0.39 is 43.2 Å². The number of carbonyl (C=O) groups is 4. The lowest BCUT2D eigenvalue weighted by molar-refractivity contribution is -0.137. The Hall–Kier alpha value is -3.15. The van der Waals surface area contributed by atoms with Crippen molar-refractivity contribution in [2.45, 2.75) is 32.0 Å². The van der Waals surface area contributed by atoms with E-state index in [1.54, 1.807) is 10.2 Å². The monoisotopic (exact) mass is 589 g/mol. The minimum atomic E-state index is -5.14. The first kappa shape index (κ1) is 34.9. The Morgan fingerprint density at radius 2 is 1.80 bits per heavy atom. The second-order valence-corrected chi connectivity index (χ2v) is 10.5. The van der Waals surface area contributed by atoms with Crippen LogP contribution in [0.4, 0.5) is 4.79 Å². The highest BCUT2D eigenvalue weighted by Crippen LogP contribution is 2.39. The number of carboxylic acid groups (broad SMARTS) is 1. The van der Waals surface area contributed by atoms with E-state index in [0.29, 0.717) is 6.42 Å². The second-order valence-electron chi connectivity index (χ2n) is 8.76. The maximum absolute atomic E-state index is 12.3. The van der Waals surface area contributed by atoms with E-state index in [1.807, 2.05) is 13.8 Å². The molecule has 17 nitrogen and oxygen atoms in total. The summed E-state index contributed by atoms with van der Waals surface area (Å²) in [5.41, 5.74) is 0.0768. The number of alkyl carbamates (subject to hydrolysis) is 1. The molecule has 0 aliphatic carbocycles. The van der Waals surface area contributed by atoms with Crippen molar-refractivity contribution in [1.29, 1.82) is 0 Å². The van der Waals surface area contributed by atoms with E-state index >= 15 is 0 Å². The van der Waals surface area contributed by atoms with Crippen molar-refractivity contribution in [2.75, 3.05) is 46.0 Å². The Morgan fingerprint density at radius 3 is 2.38 bits per heavy atom. The van der Waals surface area contributed by atoms with E-state index in [9.17, 15) is 28.8 Å². The largest absolute Gasteiger partial charge is 0.479 e. The standard InChI is InChI=1S/C21H35BN6O11P/c1-14(2)11-16(26-17(30)13-25-18(31)15-12-23-3-4-24-15)22-39-10-7-28(5-8-29)6-9-38-21(34)27-19(20(32)33)40(35,36)37/h3-4,12,14,16,19,29H,5-11,13H2,1-2H3,(H,25,31)(H,26,30)(H,27,34)(H,32,33)(H2,35,36,37)/t16-,19?/m1/s1. The third kappa shape index (κ3) is 14.9. The fraction of sp³-hybridized carbons (Fsp3) is 0.619. The average molecular weight is 589 g/mol. The van der Waals surface area contributed by atoms with E-state index in [2.05, 4.69) is 20.6 Å². The van der Waals surface area contributed by atoms with Crippen molar-refractivity contribution < 1.29 is 53.1 Å². The summed E-state index contributed by atoms with van der Waals surface area (Å²) in [5.74, 6) is -5.59. The van der Waals surface area contributed by atoms with E-state index in [0.717, 1.165) is 0 Å². The summed E-state index contributed by atoms with van der Waals surface area (Å²) < 4.78 is 21.5. The highest BCUT2D eigenvalue weighted by Gasteiger charge is 2.37. The lowest BCUT2D eigenvalue weighted by atomic mass is 9.81. The van der Waals surface area contributed by atoms with Crippen LogP contribution in [0, 0.1) is 5.92 Å². The van der Waals surface area contributed by atoms with Gasteiger partial charge in [0.1, 0.15) is 12.3 Å². The highest BCUT2D eigenvalue weighted by molar-refractivity contribution is 7.53. The average Bonchev–Trinajstić information content (AvgIpc) is 2.87. The summed E-state index contributed by atoms with van der Waals surface area (Å²) in [7, 11) is -3.68. The molecule has 0 aliphatic rings. The van der Waals surface area contributed by atoms with Gasteiger partial charge in [-0.05, 0) is 12.3 Å². The number of hydrogen-bond acceptors (Lipinski definition) is 11.